The van der Waals surface area contributed by atoms with Gasteiger partial charge in [-0.1, -0.05) is 19.3 Å². The van der Waals surface area contributed by atoms with Gasteiger partial charge >= 0.3 is 5.97 Å². The van der Waals surface area contributed by atoms with Gasteiger partial charge in [-0.3, -0.25) is 9.69 Å². The van der Waals surface area contributed by atoms with Gasteiger partial charge in [-0.25, -0.2) is 4.79 Å². The highest BCUT2D eigenvalue weighted by atomic mass is 16.5. The number of aryl methyl sites for hydroxylation is 1. The number of carbonyl (C=O) groups excluding carboxylic acids is 1. The van der Waals surface area contributed by atoms with Crippen molar-refractivity contribution in [2.75, 3.05) is 19.7 Å². The summed E-state index contributed by atoms with van der Waals surface area (Å²) in [6, 6.07) is 0. The molecule has 1 aliphatic heterocycles. The number of nitrogens with zero attached hydrogens (tertiary/aromatic N) is 2. The summed E-state index contributed by atoms with van der Waals surface area (Å²) < 4.78 is 10.7. The van der Waals surface area contributed by atoms with Gasteiger partial charge < -0.3 is 14.1 Å². The molecule has 0 spiro atoms. The van der Waals surface area contributed by atoms with Gasteiger partial charge in [0, 0.05) is 6.54 Å². The first-order valence-electron chi connectivity index (χ1n) is 9.98. The lowest BCUT2D eigenvalue weighted by atomic mass is 9.75. The minimum atomic E-state index is -0.548. The summed E-state index contributed by atoms with van der Waals surface area (Å²) in [6.45, 7) is 6.33. The van der Waals surface area contributed by atoms with Gasteiger partial charge in [0.05, 0.1) is 13.2 Å². The van der Waals surface area contributed by atoms with Crippen LogP contribution in [0.1, 0.15) is 61.0 Å². The number of piperidine rings is 1. The predicted molar refractivity (Wildman–Crippen MR) is 101 cm³/mol. The minimum Gasteiger partial charge on any atom is -0.462 e. The lowest BCUT2D eigenvalue weighted by Gasteiger charge is -2.41. The van der Waals surface area contributed by atoms with Crippen molar-refractivity contribution in [2.45, 2.75) is 52.5 Å². The van der Waals surface area contributed by atoms with E-state index in [2.05, 4.69) is 14.9 Å². The zero-order valence-corrected chi connectivity index (χ0v) is 16.0. The number of hydrogen-bond donors (Lipinski definition) is 1. The number of aromatic amines is 1. The number of furan rings is 1. The number of ether oxygens (including phenoxy) is 1. The molecule has 4 rings (SSSR count). The van der Waals surface area contributed by atoms with Gasteiger partial charge in [0.15, 0.2) is 0 Å². The minimum absolute atomic E-state index is 0.176. The molecule has 1 aliphatic carbocycles. The fraction of sp³-hybridized carbons (Fsp3) is 0.650. The van der Waals surface area contributed by atoms with E-state index < -0.39 is 5.97 Å². The summed E-state index contributed by atoms with van der Waals surface area (Å²) in [5.41, 5.74) is 0.0412. The van der Waals surface area contributed by atoms with Crippen LogP contribution < -0.4 is 5.56 Å². The fourth-order valence-electron chi connectivity index (χ4n) is 4.72. The Kier molecular flexibility index (Phi) is 5.04. The molecule has 0 unspecified atom stereocenters. The van der Waals surface area contributed by atoms with Crippen molar-refractivity contribution < 1.29 is 13.9 Å². The maximum atomic E-state index is 12.6. The smallest absolute Gasteiger partial charge is 0.342 e. The fourth-order valence-corrected chi connectivity index (χ4v) is 4.72. The Morgan fingerprint density at radius 3 is 2.85 bits per heavy atom. The van der Waals surface area contributed by atoms with Gasteiger partial charge in [-0.2, -0.15) is 4.98 Å². The van der Waals surface area contributed by atoms with Crippen LogP contribution in [-0.2, 0) is 11.3 Å². The predicted octanol–water partition coefficient (Wildman–Crippen LogP) is 3.01. The molecule has 0 aromatic carbocycles. The lowest BCUT2D eigenvalue weighted by Crippen LogP contribution is -2.41. The van der Waals surface area contributed by atoms with E-state index in [-0.39, 0.29) is 28.8 Å². The summed E-state index contributed by atoms with van der Waals surface area (Å²) in [7, 11) is 0. The number of likely N-dealkylation sites (tertiary alicyclic amines) is 1. The molecule has 0 amide bonds. The van der Waals surface area contributed by atoms with E-state index in [1.54, 1.807) is 13.8 Å². The zero-order chi connectivity index (χ0) is 19.0. The van der Waals surface area contributed by atoms with E-state index in [4.69, 9.17) is 9.15 Å². The quantitative estimate of drug-likeness (QED) is 0.829. The molecule has 7 nitrogen and oxygen atoms in total. The van der Waals surface area contributed by atoms with E-state index >= 15 is 0 Å². The van der Waals surface area contributed by atoms with Crippen LogP contribution >= 0.6 is 0 Å². The van der Waals surface area contributed by atoms with Crippen LogP contribution in [0.3, 0.4) is 0 Å². The third kappa shape index (κ3) is 3.52. The number of nitrogens with one attached hydrogen (secondary N) is 1. The number of esters is 1. The molecule has 1 saturated heterocycles. The summed E-state index contributed by atoms with van der Waals surface area (Å²) in [5, 5.41) is 0.181. The largest absolute Gasteiger partial charge is 0.462 e. The van der Waals surface area contributed by atoms with Crippen LogP contribution in [0.4, 0.5) is 0 Å². The highest BCUT2D eigenvalue weighted by Gasteiger charge is 2.31. The highest BCUT2D eigenvalue weighted by Crippen LogP contribution is 2.36. The Balaban J connectivity index is 1.57. The SMILES string of the molecule is CCOC(=O)c1c(C)oc2nc(CN3CC[C@H]4CCCC[C@@H]4C3)[nH]c(=O)c12. The second-order valence-corrected chi connectivity index (χ2v) is 7.77. The molecule has 2 aromatic rings. The molecule has 2 atom stereocenters. The van der Waals surface area contributed by atoms with Crippen molar-refractivity contribution in [2.24, 2.45) is 11.8 Å². The Bertz CT molecular complexity index is 900. The normalized spacial score (nSPS) is 23.3. The molecular formula is C20H27N3O4. The first kappa shape index (κ1) is 18.2. The van der Waals surface area contributed by atoms with Crippen molar-refractivity contribution in [3.63, 3.8) is 0 Å². The number of aromatic nitrogens is 2. The van der Waals surface area contributed by atoms with Crippen LogP contribution in [0.2, 0.25) is 0 Å². The van der Waals surface area contributed by atoms with E-state index in [1.807, 2.05) is 0 Å². The average molecular weight is 373 g/mol. The lowest BCUT2D eigenvalue weighted by molar-refractivity contribution is 0.0526. The van der Waals surface area contributed by atoms with Gasteiger partial charge in [0.1, 0.15) is 22.5 Å². The number of rotatable bonds is 4. The Hall–Kier alpha value is -2.15. The van der Waals surface area contributed by atoms with Crippen molar-refractivity contribution in [1.29, 1.82) is 0 Å². The van der Waals surface area contributed by atoms with Gasteiger partial charge in [-0.05, 0) is 45.1 Å². The first-order chi connectivity index (χ1) is 13.1. The van der Waals surface area contributed by atoms with E-state index in [0.29, 0.717) is 18.1 Å². The van der Waals surface area contributed by atoms with Crippen molar-refractivity contribution in [3.05, 3.63) is 27.5 Å². The molecule has 146 valence electrons. The van der Waals surface area contributed by atoms with Crippen LogP contribution in [0.5, 0.6) is 0 Å². The molecular weight excluding hydrogens is 346 g/mol. The van der Waals surface area contributed by atoms with Gasteiger partial charge in [0.2, 0.25) is 5.71 Å². The van der Waals surface area contributed by atoms with E-state index in [9.17, 15) is 9.59 Å². The Labute approximate surface area is 158 Å². The summed E-state index contributed by atoms with van der Waals surface area (Å²) in [5.74, 6) is 2.04. The zero-order valence-electron chi connectivity index (χ0n) is 16.0. The molecule has 0 radical (unpaired) electrons. The highest BCUT2D eigenvalue weighted by molar-refractivity contribution is 6.03. The number of carbonyl (C=O) groups is 1. The maximum Gasteiger partial charge on any atom is 0.342 e. The van der Waals surface area contributed by atoms with Crippen molar-refractivity contribution in [1.82, 2.24) is 14.9 Å². The second kappa shape index (κ2) is 7.46. The molecule has 2 aromatic heterocycles. The molecule has 3 heterocycles. The van der Waals surface area contributed by atoms with Gasteiger partial charge in [-0.15, -0.1) is 0 Å². The maximum absolute atomic E-state index is 12.6. The van der Waals surface area contributed by atoms with Crippen LogP contribution in [0.15, 0.2) is 9.21 Å². The molecule has 1 saturated carbocycles. The summed E-state index contributed by atoms with van der Waals surface area (Å²) in [6.07, 6.45) is 6.60. The molecule has 0 bridgehead atoms. The monoisotopic (exact) mass is 373 g/mol. The molecule has 2 fully saturated rings. The third-order valence-electron chi connectivity index (χ3n) is 6.02. The average Bonchev–Trinajstić information content (AvgIpc) is 2.98. The molecule has 1 N–H and O–H groups in total. The summed E-state index contributed by atoms with van der Waals surface area (Å²) >= 11 is 0. The Morgan fingerprint density at radius 1 is 1.30 bits per heavy atom. The Morgan fingerprint density at radius 2 is 2.07 bits per heavy atom. The van der Waals surface area contributed by atoms with E-state index in [0.717, 1.165) is 24.9 Å². The van der Waals surface area contributed by atoms with Crippen LogP contribution in [0.25, 0.3) is 11.1 Å². The van der Waals surface area contributed by atoms with Crippen LogP contribution in [-0.4, -0.2) is 40.5 Å². The van der Waals surface area contributed by atoms with E-state index in [1.165, 1.54) is 32.1 Å². The van der Waals surface area contributed by atoms with Gasteiger partial charge in [0.25, 0.3) is 5.56 Å². The van der Waals surface area contributed by atoms with Crippen molar-refractivity contribution in [3.8, 4) is 0 Å². The van der Waals surface area contributed by atoms with Crippen molar-refractivity contribution >= 4 is 17.1 Å². The third-order valence-corrected chi connectivity index (χ3v) is 6.02. The molecule has 27 heavy (non-hydrogen) atoms. The topological polar surface area (TPSA) is 88.4 Å². The van der Waals surface area contributed by atoms with Crippen LogP contribution in [0, 0.1) is 18.8 Å². The molecule has 2 aliphatic rings. The first-order valence-corrected chi connectivity index (χ1v) is 9.98. The second-order valence-electron chi connectivity index (χ2n) is 7.77. The number of fused-ring (bicyclic) bond motifs is 2. The standard InChI is InChI=1S/C20H27N3O4/c1-3-26-20(25)16-12(2)27-19-17(16)18(24)21-15(22-19)11-23-9-8-13-6-4-5-7-14(13)10-23/h13-14H,3-11H2,1-2H3,(H,21,22,24)/t13-,14-/m1/s1. The number of hydrogen-bond acceptors (Lipinski definition) is 6. The molecule has 7 heteroatoms. The summed E-state index contributed by atoms with van der Waals surface area (Å²) in [4.78, 5) is 34.5. The number of H-pyrrole nitrogens is 1.